The molecule has 0 bridgehead atoms. The second-order valence-electron chi connectivity index (χ2n) is 8.43. The summed E-state index contributed by atoms with van der Waals surface area (Å²) in [4.78, 5) is 22.1. The second-order valence-corrected chi connectivity index (χ2v) is 8.84. The molecule has 4 rings (SSSR count). The summed E-state index contributed by atoms with van der Waals surface area (Å²) >= 11 is 5.92. The lowest BCUT2D eigenvalue weighted by molar-refractivity contribution is 0.134. The van der Waals surface area contributed by atoms with Crippen molar-refractivity contribution in [2.24, 2.45) is 0 Å². The van der Waals surface area contributed by atoms with Crippen molar-refractivity contribution in [1.82, 2.24) is 20.2 Å². The summed E-state index contributed by atoms with van der Waals surface area (Å²) in [6.45, 7) is 0. The van der Waals surface area contributed by atoms with E-state index in [0.717, 1.165) is 31.1 Å². The van der Waals surface area contributed by atoms with E-state index in [1.807, 2.05) is 6.07 Å². The van der Waals surface area contributed by atoms with E-state index in [2.05, 4.69) is 20.6 Å². The Morgan fingerprint density at radius 1 is 1.12 bits per heavy atom. The fourth-order valence-corrected chi connectivity index (χ4v) is 4.11. The van der Waals surface area contributed by atoms with Gasteiger partial charge in [0.05, 0.1) is 23.8 Å². The summed E-state index contributed by atoms with van der Waals surface area (Å²) in [7, 11) is 5.05. The number of carbonyl (C=O) groups excluding carboxylic acids is 1. The number of anilines is 2. The fraction of sp³-hybridized carbons (Fsp3) is 0.375. The van der Waals surface area contributed by atoms with Crippen molar-refractivity contribution >= 4 is 40.0 Å². The van der Waals surface area contributed by atoms with Gasteiger partial charge in [-0.25, -0.2) is 19.2 Å². The van der Waals surface area contributed by atoms with Gasteiger partial charge in [0.25, 0.3) is 0 Å². The first-order valence-electron chi connectivity index (χ1n) is 11.0. The van der Waals surface area contributed by atoms with Crippen LogP contribution >= 0.6 is 11.6 Å². The molecule has 0 radical (unpaired) electrons. The Bertz CT molecular complexity index is 1180. The first-order valence-corrected chi connectivity index (χ1v) is 11.4. The smallest absolute Gasteiger partial charge is 0.317 e. The van der Waals surface area contributed by atoms with E-state index < -0.39 is 5.82 Å². The maximum absolute atomic E-state index is 13.5. The molecule has 2 N–H and O–H groups in total. The topological polar surface area (TPSA) is 88.6 Å². The monoisotopic (exact) mass is 487 g/mol. The number of nitrogens with zero attached hydrogens (tertiary/aromatic N) is 3. The van der Waals surface area contributed by atoms with E-state index in [-0.39, 0.29) is 23.2 Å². The first-order chi connectivity index (χ1) is 16.3. The molecule has 1 heterocycles. The maximum atomic E-state index is 13.5. The number of halogens is 2. The van der Waals surface area contributed by atoms with Crippen LogP contribution in [-0.2, 0) is 0 Å². The van der Waals surface area contributed by atoms with Gasteiger partial charge in [0.1, 0.15) is 18.0 Å². The largest absolute Gasteiger partial charge is 0.493 e. The standard InChI is InChI=1S/C24H27ClFN5O3/c1-31(2)24(32)30-14-4-7-16(8-5-14)34-22-11-17-20(12-21(22)33-3)27-13-28-23(17)29-15-6-9-19(26)18(25)10-15/h6,9-14,16H,4-5,7-8H2,1-3H3,(H,30,32)(H,27,28,29). The zero-order valence-electron chi connectivity index (χ0n) is 19.3. The van der Waals surface area contributed by atoms with Crippen LogP contribution in [0.2, 0.25) is 5.02 Å². The highest BCUT2D eigenvalue weighted by molar-refractivity contribution is 6.31. The third kappa shape index (κ3) is 5.41. The number of fused-ring (bicyclic) bond motifs is 1. The van der Waals surface area contributed by atoms with Gasteiger partial charge in [-0.1, -0.05) is 11.6 Å². The number of benzene rings is 2. The molecule has 2 amide bonds. The Kier molecular flexibility index (Phi) is 7.21. The van der Waals surface area contributed by atoms with Crippen molar-refractivity contribution in [2.45, 2.75) is 37.8 Å². The normalized spacial score (nSPS) is 17.8. The molecular weight excluding hydrogens is 461 g/mol. The zero-order chi connectivity index (χ0) is 24.2. The molecule has 1 fully saturated rings. The first kappa shape index (κ1) is 23.8. The number of ether oxygens (including phenoxy) is 2. The Labute approximate surface area is 202 Å². The summed E-state index contributed by atoms with van der Waals surface area (Å²) in [5.74, 6) is 1.21. The van der Waals surface area contributed by atoms with Crippen LogP contribution in [0.1, 0.15) is 25.7 Å². The molecule has 8 nitrogen and oxygen atoms in total. The average Bonchev–Trinajstić information content (AvgIpc) is 2.82. The second kappa shape index (κ2) is 10.3. The molecule has 0 saturated heterocycles. The van der Waals surface area contributed by atoms with Crippen LogP contribution < -0.4 is 20.1 Å². The summed E-state index contributed by atoms with van der Waals surface area (Å²) < 4.78 is 25.4. The third-order valence-electron chi connectivity index (χ3n) is 5.80. The van der Waals surface area contributed by atoms with Gasteiger partial charge >= 0.3 is 6.03 Å². The van der Waals surface area contributed by atoms with Gasteiger partial charge < -0.3 is 25.0 Å². The number of rotatable bonds is 6. The molecule has 2 aromatic carbocycles. The third-order valence-corrected chi connectivity index (χ3v) is 6.09. The summed E-state index contributed by atoms with van der Waals surface area (Å²) in [6.07, 6.45) is 4.73. The number of aromatic nitrogens is 2. The van der Waals surface area contributed by atoms with Crippen LogP contribution in [0.25, 0.3) is 10.9 Å². The highest BCUT2D eigenvalue weighted by Crippen LogP contribution is 2.37. The van der Waals surface area contributed by atoms with Crippen LogP contribution in [0, 0.1) is 5.82 Å². The minimum Gasteiger partial charge on any atom is -0.493 e. The van der Waals surface area contributed by atoms with Crippen LogP contribution in [0.5, 0.6) is 11.5 Å². The Morgan fingerprint density at radius 2 is 1.88 bits per heavy atom. The predicted octanol–water partition coefficient (Wildman–Crippen LogP) is 5.14. The Morgan fingerprint density at radius 3 is 2.56 bits per heavy atom. The lowest BCUT2D eigenvalue weighted by Crippen LogP contribution is -2.44. The molecular formula is C24H27ClFN5O3. The summed E-state index contributed by atoms with van der Waals surface area (Å²) in [6, 6.07) is 8.09. The van der Waals surface area contributed by atoms with Gasteiger partial charge in [0, 0.05) is 37.3 Å². The number of hydrogen-bond donors (Lipinski definition) is 2. The van der Waals surface area contributed by atoms with E-state index in [1.54, 1.807) is 33.3 Å². The number of amides is 2. The molecule has 0 unspecified atom stereocenters. The zero-order valence-corrected chi connectivity index (χ0v) is 20.0. The lowest BCUT2D eigenvalue weighted by atomic mass is 9.93. The number of hydrogen-bond acceptors (Lipinski definition) is 6. The summed E-state index contributed by atoms with van der Waals surface area (Å²) in [5, 5.41) is 6.96. The quantitative estimate of drug-likeness (QED) is 0.500. The van der Waals surface area contributed by atoms with Crippen molar-refractivity contribution in [2.75, 3.05) is 26.5 Å². The van der Waals surface area contributed by atoms with Gasteiger partial charge in [-0.2, -0.15) is 0 Å². The SMILES string of the molecule is COc1cc2ncnc(Nc3ccc(F)c(Cl)c3)c2cc1OC1CCC(NC(=O)N(C)C)CC1. The van der Waals surface area contributed by atoms with Crippen molar-refractivity contribution in [1.29, 1.82) is 0 Å². The van der Waals surface area contributed by atoms with Crippen LogP contribution in [0.15, 0.2) is 36.7 Å². The number of nitrogens with one attached hydrogen (secondary N) is 2. The molecule has 0 atom stereocenters. The molecule has 1 saturated carbocycles. The Hall–Kier alpha value is -3.33. The average molecular weight is 488 g/mol. The number of carbonyl (C=O) groups is 1. The van der Waals surface area contributed by atoms with Gasteiger partial charge in [0.2, 0.25) is 0 Å². The fourth-order valence-electron chi connectivity index (χ4n) is 3.93. The van der Waals surface area contributed by atoms with Gasteiger partial charge in [-0.15, -0.1) is 0 Å². The van der Waals surface area contributed by atoms with Crippen molar-refractivity contribution in [3.63, 3.8) is 0 Å². The van der Waals surface area contributed by atoms with E-state index in [4.69, 9.17) is 21.1 Å². The van der Waals surface area contributed by atoms with Gasteiger partial charge in [0.15, 0.2) is 11.5 Å². The number of methoxy groups -OCH3 is 1. The van der Waals surface area contributed by atoms with Gasteiger partial charge in [-0.3, -0.25) is 0 Å². The Balaban J connectivity index is 1.53. The maximum Gasteiger partial charge on any atom is 0.317 e. The summed E-state index contributed by atoms with van der Waals surface area (Å²) in [5.41, 5.74) is 1.27. The predicted molar refractivity (Wildman–Crippen MR) is 130 cm³/mol. The van der Waals surface area contributed by atoms with Crippen LogP contribution in [0.3, 0.4) is 0 Å². The molecule has 0 spiro atoms. The molecule has 180 valence electrons. The molecule has 0 aliphatic heterocycles. The van der Waals surface area contributed by atoms with E-state index in [9.17, 15) is 9.18 Å². The lowest BCUT2D eigenvalue weighted by Gasteiger charge is -2.30. The molecule has 1 aromatic heterocycles. The highest BCUT2D eigenvalue weighted by Gasteiger charge is 2.25. The molecule has 1 aliphatic rings. The molecule has 34 heavy (non-hydrogen) atoms. The molecule has 10 heteroatoms. The van der Waals surface area contributed by atoms with Crippen molar-refractivity contribution in [3.05, 3.63) is 47.5 Å². The van der Waals surface area contributed by atoms with Gasteiger partial charge in [-0.05, 0) is 49.9 Å². The highest BCUT2D eigenvalue weighted by atomic mass is 35.5. The number of urea groups is 1. The van der Waals surface area contributed by atoms with Crippen LogP contribution in [-0.4, -0.2) is 54.2 Å². The van der Waals surface area contributed by atoms with Crippen molar-refractivity contribution < 1.29 is 18.7 Å². The van der Waals surface area contributed by atoms with Crippen LogP contribution in [0.4, 0.5) is 20.7 Å². The van der Waals surface area contributed by atoms with E-state index in [1.165, 1.54) is 23.4 Å². The molecule has 3 aromatic rings. The van der Waals surface area contributed by atoms with E-state index in [0.29, 0.717) is 28.5 Å². The van der Waals surface area contributed by atoms with Crippen molar-refractivity contribution in [3.8, 4) is 11.5 Å². The van der Waals surface area contributed by atoms with E-state index >= 15 is 0 Å². The molecule has 1 aliphatic carbocycles. The minimum absolute atomic E-state index is 0.00389. The minimum atomic E-state index is -0.490.